The Labute approximate surface area is 175 Å². The molecule has 2 N–H and O–H groups in total. The Bertz CT molecular complexity index is 1040. The highest BCUT2D eigenvalue weighted by molar-refractivity contribution is 7.99. The summed E-state index contributed by atoms with van der Waals surface area (Å²) in [5.74, 6) is -0.394. The first-order valence-corrected chi connectivity index (χ1v) is 10.5. The Hall–Kier alpha value is -2.85. The second kappa shape index (κ2) is 9.10. The predicted octanol–water partition coefficient (Wildman–Crippen LogP) is 4.03. The Morgan fingerprint density at radius 1 is 1.31 bits per heavy atom. The number of amides is 1. The van der Waals surface area contributed by atoms with Crippen LogP contribution in [0.5, 0.6) is 5.75 Å². The average Bonchev–Trinajstić information content (AvgIpc) is 3.25. The van der Waals surface area contributed by atoms with Crippen LogP contribution in [-0.4, -0.2) is 39.5 Å². The standard InChI is InChI=1S/C19H19N3O5S2/c1-4-26-18(25)15-10(2)11(3)29-17(15)20-14(24)9-28-19-22-21-16(27-19)12-6-5-7-13(23)8-12/h5-8,23H,4,9H2,1-3H3,(H,20,24). The Morgan fingerprint density at radius 2 is 2.10 bits per heavy atom. The highest BCUT2D eigenvalue weighted by atomic mass is 32.2. The van der Waals surface area contributed by atoms with E-state index in [0.717, 1.165) is 22.2 Å². The van der Waals surface area contributed by atoms with Crippen molar-refractivity contribution in [1.82, 2.24) is 10.2 Å². The van der Waals surface area contributed by atoms with Gasteiger partial charge in [-0.1, -0.05) is 17.8 Å². The first-order valence-electron chi connectivity index (χ1n) is 8.71. The SMILES string of the molecule is CCOC(=O)c1c(NC(=O)CSc2nnc(-c3cccc(O)c3)o2)sc(C)c1C. The number of carbonyl (C=O) groups excluding carboxylic acids is 2. The van der Waals surface area contributed by atoms with Crippen LogP contribution in [0.3, 0.4) is 0 Å². The third-order valence-electron chi connectivity index (χ3n) is 3.94. The number of nitrogens with zero attached hydrogens (tertiary/aromatic N) is 2. The molecule has 0 aliphatic heterocycles. The van der Waals surface area contributed by atoms with E-state index in [9.17, 15) is 14.7 Å². The monoisotopic (exact) mass is 433 g/mol. The highest BCUT2D eigenvalue weighted by Gasteiger charge is 2.22. The van der Waals surface area contributed by atoms with Crippen LogP contribution in [0.15, 0.2) is 33.9 Å². The molecule has 0 spiro atoms. The molecule has 3 aromatic rings. The Morgan fingerprint density at radius 3 is 2.83 bits per heavy atom. The summed E-state index contributed by atoms with van der Waals surface area (Å²) in [6.45, 7) is 5.70. The van der Waals surface area contributed by atoms with Crippen molar-refractivity contribution in [2.75, 3.05) is 17.7 Å². The van der Waals surface area contributed by atoms with E-state index in [2.05, 4.69) is 15.5 Å². The molecule has 29 heavy (non-hydrogen) atoms. The quantitative estimate of drug-likeness (QED) is 0.424. The summed E-state index contributed by atoms with van der Waals surface area (Å²) in [5.41, 5.74) is 1.76. The molecule has 3 rings (SSSR count). The number of ether oxygens (including phenoxy) is 1. The minimum atomic E-state index is -0.454. The fourth-order valence-corrected chi connectivity index (χ4v) is 4.11. The maximum absolute atomic E-state index is 12.4. The van der Waals surface area contributed by atoms with Gasteiger partial charge in [-0.3, -0.25) is 4.79 Å². The van der Waals surface area contributed by atoms with Gasteiger partial charge in [0.1, 0.15) is 10.8 Å². The zero-order valence-electron chi connectivity index (χ0n) is 16.0. The van der Waals surface area contributed by atoms with Crippen molar-refractivity contribution in [3.05, 3.63) is 40.3 Å². The summed E-state index contributed by atoms with van der Waals surface area (Å²) >= 11 is 2.41. The molecule has 0 radical (unpaired) electrons. The Balaban J connectivity index is 1.64. The number of aryl methyl sites for hydroxylation is 1. The molecule has 1 amide bonds. The van der Waals surface area contributed by atoms with E-state index < -0.39 is 5.97 Å². The van der Waals surface area contributed by atoms with Crippen LogP contribution in [0.1, 0.15) is 27.7 Å². The molecule has 0 aliphatic rings. The molecule has 0 fully saturated rings. The summed E-state index contributed by atoms with van der Waals surface area (Å²) in [6, 6.07) is 6.44. The number of benzene rings is 1. The number of nitrogens with one attached hydrogen (secondary N) is 1. The number of hydrogen-bond acceptors (Lipinski definition) is 9. The van der Waals surface area contributed by atoms with Crippen LogP contribution in [0.25, 0.3) is 11.5 Å². The lowest BCUT2D eigenvalue weighted by Crippen LogP contribution is -2.16. The van der Waals surface area contributed by atoms with E-state index in [1.165, 1.54) is 17.4 Å². The zero-order valence-corrected chi connectivity index (χ0v) is 17.6. The van der Waals surface area contributed by atoms with Crippen LogP contribution in [0.4, 0.5) is 5.00 Å². The average molecular weight is 434 g/mol. The molecule has 0 aliphatic carbocycles. The van der Waals surface area contributed by atoms with E-state index >= 15 is 0 Å². The first kappa shape index (κ1) is 20.9. The number of phenols is 1. The zero-order chi connectivity index (χ0) is 21.0. The van der Waals surface area contributed by atoms with E-state index in [4.69, 9.17) is 9.15 Å². The lowest BCUT2D eigenvalue weighted by atomic mass is 10.1. The van der Waals surface area contributed by atoms with Crippen LogP contribution >= 0.6 is 23.1 Å². The number of aromatic hydroxyl groups is 1. The van der Waals surface area contributed by atoms with Gasteiger partial charge in [-0.05, 0) is 44.5 Å². The summed E-state index contributed by atoms with van der Waals surface area (Å²) in [5, 5.41) is 20.8. The molecule has 8 nitrogen and oxygen atoms in total. The normalized spacial score (nSPS) is 10.7. The summed E-state index contributed by atoms with van der Waals surface area (Å²) in [7, 11) is 0. The van der Waals surface area contributed by atoms with Gasteiger partial charge in [0.2, 0.25) is 11.8 Å². The van der Waals surface area contributed by atoms with Gasteiger partial charge in [0.15, 0.2) is 0 Å². The molecular weight excluding hydrogens is 414 g/mol. The number of phenolic OH excluding ortho intramolecular Hbond substituents is 1. The highest BCUT2D eigenvalue weighted by Crippen LogP contribution is 2.33. The van der Waals surface area contributed by atoms with Gasteiger partial charge in [0.05, 0.1) is 17.9 Å². The predicted molar refractivity (Wildman–Crippen MR) is 111 cm³/mol. The third-order valence-corrected chi connectivity index (χ3v) is 5.89. The van der Waals surface area contributed by atoms with Gasteiger partial charge in [0, 0.05) is 10.4 Å². The number of thioether (sulfide) groups is 1. The Kier molecular flexibility index (Phi) is 6.55. The van der Waals surface area contributed by atoms with Gasteiger partial charge in [-0.15, -0.1) is 21.5 Å². The minimum absolute atomic E-state index is 0.0277. The molecule has 0 saturated heterocycles. The molecule has 1 aromatic carbocycles. The maximum atomic E-state index is 12.4. The van der Waals surface area contributed by atoms with Crippen molar-refractivity contribution in [1.29, 1.82) is 0 Å². The van der Waals surface area contributed by atoms with Crippen LogP contribution < -0.4 is 5.32 Å². The number of esters is 1. The van der Waals surface area contributed by atoms with E-state index in [0.29, 0.717) is 16.1 Å². The molecular formula is C19H19N3O5S2. The fraction of sp³-hybridized carbons (Fsp3) is 0.263. The van der Waals surface area contributed by atoms with Crippen molar-refractivity contribution in [2.24, 2.45) is 0 Å². The van der Waals surface area contributed by atoms with E-state index in [1.54, 1.807) is 25.1 Å². The second-order valence-corrected chi connectivity index (χ2v) is 8.12. The van der Waals surface area contributed by atoms with Gasteiger partial charge < -0.3 is 19.6 Å². The third kappa shape index (κ3) is 4.96. The van der Waals surface area contributed by atoms with Crippen molar-refractivity contribution in [3.63, 3.8) is 0 Å². The lowest BCUT2D eigenvalue weighted by Gasteiger charge is -2.06. The molecule has 0 unspecified atom stereocenters. The van der Waals surface area contributed by atoms with Crippen molar-refractivity contribution in [3.8, 4) is 17.2 Å². The van der Waals surface area contributed by atoms with E-state index in [-0.39, 0.29) is 35.1 Å². The van der Waals surface area contributed by atoms with Crippen molar-refractivity contribution >= 4 is 40.0 Å². The number of aromatic nitrogens is 2. The molecule has 2 heterocycles. The largest absolute Gasteiger partial charge is 0.508 e. The van der Waals surface area contributed by atoms with E-state index in [1.807, 2.05) is 13.8 Å². The van der Waals surface area contributed by atoms with Crippen LogP contribution in [0.2, 0.25) is 0 Å². The number of rotatable bonds is 7. The minimum Gasteiger partial charge on any atom is -0.508 e. The summed E-state index contributed by atoms with van der Waals surface area (Å²) in [4.78, 5) is 25.5. The molecule has 2 aromatic heterocycles. The number of hydrogen-bond donors (Lipinski definition) is 2. The molecule has 0 bridgehead atoms. The molecule has 0 atom stereocenters. The van der Waals surface area contributed by atoms with Gasteiger partial charge >= 0.3 is 5.97 Å². The first-order chi connectivity index (χ1) is 13.9. The van der Waals surface area contributed by atoms with Gasteiger partial charge in [-0.2, -0.15) is 0 Å². The van der Waals surface area contributed by atoms with Crippen molar-refractivity contribution in [2.45, 2.75) is 26.0 Å². The maximum Gasteiger partial charge on any atom is 0.341 e. The molecule has 152 valence electrons. The van der Waals surface area contributed by atoms with Crippen molar-refractivity contribution < 1.29 is 23.8 Å². The summed E-state index contributed by atoms with van der Waals surface area (Å²) < 4.78 is 10.6. The van der Waals surface area contributed by atoms with Crippen LogP contribution in [0, 0.1) is 13.8 Å². The van der Waals surface area contributed by atoms with Crippen LogP contribution in [-0.2, 0) is 9.53 Å². The lowest BCUT2D eigenvalue weighted by molar-refractivity contribution is -0.113. The fourth-order valence-electron chi connectivity index (χ4n) is 2.48. The van der Waals surface area contributed by atoms with Gasteiger partial charge in [0.25, 0.3) is 5.22 Å². The molecule has 0 saturated carbocycles. The summed E-state index contributed by atoms with van der Waals surface area (Å²) in [6.07, 6.45) is 0. The second-order valence-electron chi connectivity index (χ2n) is 5.97. The smallest absolute Gasteiger partial charge is 0.341 e. The topological polar surface area (TPSA) is 115 Å². The molecule has 10 heteroatoms. The van der Waals surface area contributed by atoms with Gasteiger partial charge in [-0.25, -0.2) is 4.79 Å². The number of anilines is 1. The number of carbonyl (C=O) groups is 2. The number of thiophene rings is 1.